The molecule has 1 fully saturated rings. The largest absolute Gasteiger partial charge is 0.497 e. The summed E-state index contributed by atoms with van der Waals surface area (Å²) in [5, 5.41) is 2.92. The molecule has 1 aromatic carbocycles. The van der Waals surface area contributed by atoms with Crippen LogP contribution in [0.1, 0.15) is 17.8 Å². The van der Waals surface area contributed by atoms with Gasteiger partial charge < -0.3 is 19.9 Å². The van der Waals surface area contributed by atoms with Gasteiger partial charge in [-0.15, -0.1) is 0 Å². The van der Waals surface area contributed by atoms with E-state index in [9.17, 15) is 9.59 Å². The van der Waals surface area contributed by atoms with Crippen molar-refractivity contribution in [1.82, 2.24) is 9.97 Å². The minimum Gasteiger partial charge on any atom is -0.497 e. The van der Waals surface area contributed by atoms with E-state index in [1.807, 2.05) is 45.0 Å². The minimum atomic E-state index is -0.429. The second-order valence-corrected chi connectivity index (χ2v) is 7.06. The van der Waals surface area contributed by atoms with E-state index in [4.69, 9.17) is 4.74 Å². The molecule has 0 radical (unpaired) electrons. The summed E-state index contributed by atoms with van der Waals surface area (Å²) in [6.45, 7) is 4.01. The van der Waals surface area contributed by atoms with Gasteiger partial charge in [0, 0.05) is 32.7 Å². The number of carbonyl (C=O) groups excluding carboxylic acids is 2. The number of ether oxygens (including phenoxy) is 1. The fraction of sp³-hybridized carbons (Fsp3) is 0.400. The number of aryl methyl sites for hydroxylation is 2. The molecule has 1 aliphatic heterocycles. The second kappa shape index (κ2) is 7.84. The number of hydrogen-bond acceptors (Lipinski definition) is 6. The predicted molar refractivity (Wildman–Crippen MR) is 108 cm³/mol. The molecule has 1 saturated heterocycles. The first-order valence-electron chi connectivity index (χ1n) is 9.08. The van der Waals surface area contributed by atoms with Crippen molar-refractivity contribution in [1.29, 1.82) is 0 Å². The summed E-state index contributed by atoms with van der Waals surface area (Å²) < 4.78 is 5.15. The minimum absolute atomic E-state index is 0.0713. The van der Waals surface area contributed by atoms with Crippen LogP contribution in [-0.4, -0.2) is 49.5 Å². The van der Waals surface area contributed by atoms with E-state index in [0.29, 0.717) is 29.6 Å². The predicted octanol–water partition coefficient (Wildman–Crippen LogP) is 2.16. The highest BCUT2D eigenvalue weighted by molar-refractivity contribution is 6.03. The van der Waals surface area contributed by atoms with Crippen LogP contribution in [0.2, 0.25) is 0 Å². The standard InChI is InChI=1S/C20H25N5O3/c1-12-18(13(2)22-20(21-12)24(3)4)23-19(27)14-10-17(26)25(11-14)15-6-8-16(28-5)9-7-15/h6-9,14H,10-11H2,1-5H3,(H,23,27). The van der Waals surface area contributed by atoms with Gasteiger partial charge in [0.2, 0.25) is 17.8 Å². The van der Waals surface area contributed by atoms with Gasteiger partial charge >= 0.3 is 0 Å². The van der Waals surface area contributed by atoms with Crippen molar-refractivity contribution in [2.45, 2.75) is 20.3 Å². The first-order chi connectivity index (χ1) is 13.3. The maximum absolute atomic E-state index is 12.8. The topological polar surface area (TPSA) is 87.7 Å². The highest BCUT2D eigenvalue weighted by Crippen LogP contribution is 2.28. The fourth-order valence-corrected chi connectivity index (χ4v) is 3.20. The first kappa shape index (κ1) is 19.6. The Morgan fingerprint density at radius 2 is 1.79 bits per heavy atom. The summed E-state index contributed by atoms with van der Waals surface area (Å²) in [5.41, 5.74) is 2.75. The molecular weight excluding hydrogens is 358 g/mol. The Morgan fingerprint density at radius 3 is 2.32 bits per heavy atom. The van der Waals surface area contributed by atoms with Crippen LogP contribution in [0.4, 0.5) is 17.3 Å². The molecule has 2 aromatic rings. The van der Waals surface area contributed by atoms with Crippen LogP contribution in [0.15, 0.2) is 24.3 Å². The molecule has 0 spiro atoms. The molecule has 1 aromatic heterocycles. The molecule has 3 rings (SSSR count). The maximum atomic E-state index is 12.8. The third-order valence-electron chi connectivity index (χ3n) is 4.79. The molecule has 8 nitrogen and oxygen atoms in total. The second-order valence-electron chi connectivity index (χ2n) is 7.06. The summed E-state index contributed by atoms with van der Waals surface area (Å²) in [4.78, 5) is 37.5. The summed E-state index contributed by atoms with van der Waals surface area (Å²) in [7, 11) is 5.32. The van der Waals surface area contributed by atoms with Crippen molar-refractivity contribution >= 4 is 29.1 Å². The molecule has 0 bridgehead atoms. The molecule has 0 aliphatic carbocycles. The fourth-order valence-electron chi connectivity index (χ4n) is 3.20. The lowest BCUT2D eigenvalue weighted by Gasteiger charge is -2.18. The molecular formula is C20H25N5O3. The molecule has 1 atom stereocenters. The zero-order valence-corrected chi connectivity index (χ0v) is 16.8. The van der Waals surface area contributed by atoms with Crippen LogP contribution in [0, 0.1) is 19.8 Å². The van der Waals surface area contributed by atoms with Crippen molar-refractivity contribution in [3.8, 4) is 5.75 Å². The summed E-state index contributed by atoms with van der Waals surface area (Å²) >= 11 is 0. The zero-order chi connectivity index (χ0) is 20.4. The van der Waals surface area contributed by atoms with E-state index in [1.165, 1.54) is 0 Å². The number of methoxy groups -OCH3 is 1. The molecule has 2 amide bonds. The van der Waals surface area contributed by atoms with E-state index in [-0.39, 0.29) is 18.2 Å². The van der Waals surface area contributed by atoms with Gasteiger partial charge in [-0.25, -0.2) is 9.97 Å². The number of carbonyl (C=O) groups is 2. The Hall–Kier alpha value is -3.16. The van der Waals surface area contributed by atoms with Crippen molar-refractivity contribution in [3.05, 3.63) is 35.7 Å². The molecule has 1 aliphatic rings. The molecule has 148 valence electrons. The SMILES string of the molecule is COc1ccc(N2CC(C(=O)Nc3c(C)nc(N(C)C)nc3C)CC2=O)cc1. The molecule has 2 heterocycles. The summed E-state index contributed by atoms with van der Waals surface area (Å²) in [6.07, 6.45) is 0.173. The Morgan fingerprint density at radius 1 is 1.18 bits per heavy atom. The van der Waals surface area contributed by atoms with E-state index >= 15 is 0 Å². The van der Waals surface area contributed by atoms with Gasteiger partial charge in [-0.1, -0.05) is 0 Å². The van der Waals surface area contributed by atoms with Gasteiger partial charge in [-0.05, 0) is 38.1 Å². The average molecular weight is 383 g/mol. The maximum Gasteiger partial charge on any atom is 0.229 e. The first-order valence-corrected chi connectivity index (χ1v) is 9.08. The number of anilines is 3. The number of hydrogen-bond donors (Lipinski definition) is 1. The Balaban J connectivity index is 1.73. The Kier molecular flexibility index (Phi) is 5.48. The van der Waals surface area contributed by atoms with Gasteiger partial charge in [-0.3, -0.25) is 9.59 Å². The number of rotatable bonds is 5. The van der Waals surface area contributed by atoms with Gasteiger partial charge in [0.1, 0.15) is 5.75 Å². The Bertz CT molecular complexity index is 872. The molecule has 0 saturated carbocycles. The lowest BCUT2D eigenvalue weighted by Crippen LogP contribution is -2.28. The van der Waals surface area contributed by atoms with Gasteiger partial charge in [0.25, 0.3) is 0 Å². The Labute approximate surface area is 164 Å². The molecule has 1 unspecified atom stereocenters. The van der Waals surface area contributed by atoms with Gasteiger partial charge in [-0.2, -0.15) is 0 Å². The van der Waals surface area contributed by atoms with Crippen molar-refractivity contribution < 1.29 is 14.3 Å². The zero-order valence-electron chi connectivity index (χ0n) is 16.8. The number of benzene rings is 1. The number of nitrogens with one attached hydrogen (secondary N) is 1. The van der Waals surface area contributed by atoms with Crippen molar-refractivity contribution in [2.75, 3.05) is 42.9 Å². The lowest BCUT2D eigenvalue weighted by atomic mass is 10.1. The van der Waals surface area contributed by atoms with Crippen LogP contribution in [0.5, 0.6) is 5.75 Å². The normalized spacial score (nSPS) is 16.2. The monoisotopic (exact) mass is 383 g/mol. The van der Waals surface area contributed by atoms with Crippen molar-refractivity contribution in [2.24, 2.45) is 5.92 Å². The van der Waals surface area contributed by atoms with Crippen LogP contribution < -0.4 is 19.9 Å². The van der Waals surface area contributed by atoms with Crippen LogP contribution >= 0.6 is 0 Å². The van der Waals surface area contributed by atoms with E-state index < -0.39 is 5.92 Å². The van der Waals surface area contributed by atoms with Crippen molar-refractivity contribution in [3.63, 3.8) is 0 Å². The molecule has 28 heavy (non-hydrogen) atoms. The van der Waals surface area contributed by atoms with Crippen LogP contribution in [0.3, 0.4) is 0 Å². The van der Waals surface area contributed by atoms with E-state index in [2.05, 4.69) is 15.3 Å². The van der Waals surface area contributed by atoms with Gasteiger partial charge in [0.15, 0.2) is 0 Å². The van der Waals surface area contributed by atoms with Crippen LogP contribution in [0.25, 0.3) is 0 Å². The number of aromatic nitrogens is 2. The van der Waals surface area contributed by atoms with Gasteiger partial charge in [0.05, 0.1) is 30.1 Å². The van der Waals surface area contributed by atoms with E-state index in [0.717, 1.165) is 11.4 Å². The average Bonchev–Trinajstić information content (AvgIpc) is 3.06. The molecule has 8 heteroatoms. The van der Waals surface area contributed by atoms with E-state index in [1.54, 1.807) is 24.1 Å². The lowest BCUT2D eigenvalue weighted by molar-refractivity contribution is -0.122. The third-order valence-corrected chi connectivity index (χ3v) is 4.79. The number of amides is 2. The summed E-state index contributed by atoms with van der Waals surface area (Å²) in [6, 6.07) is 7.23. The number of nitrogens with zero attached hydrogens (tertiary/aromatic N) is 4. The highest BCUT2D eigenvalue weighted by Gasteiger charge is 2.35. The highest BCUT2D eigenvalue weighted by atomic mass is 16.5. The van der Waals surface area contributed by atoms with Crippen LogP contribution in [-0.2, 0) is 9.59 Å². The smallest absolute Gasteiger partial charge is 0.229 e. The summed E-state index contributed by atoms with van der Waals surface area (Å²) in [5.74, 6) is 0.614. The third kappa shape index (κ3) is 3.90. The quantitative estimate of drug-likeness (QED) is 0.851. The molecule has 1 N–H and O–H groups in total.